The fourth-order valence-electron chi connectivity index (χ4n) is 0.965. The van der Waals surface area contributed by atoms with Crippen molar-refractivity contribution in [1.82, 2.24) is 5.32 Å². The van der Waals surface area contributed by atoms with Crippen molar-refractivity contribution in [2.24, 2.45) is 0 Å². The number of amides is 1. The van der Waals surface area contributed by atoms with Gasteiger partial charge in [0.15, 0.2) is 0 Å². The van der Waals surface area contributed by atoms with Gasteiger partial charge in [0.2, 0.25) is 0 Å². The van der Waals surface area contributed by atoms with E-state index < -0.39 is 0 Å². The predicted molar refractivity (Wildman–Crippen MR) is 34.6 cm³/mol. The largest absolute Gasteiger partial charge is 0.447 e. The van der Waals surface area contributed by atoms with Crippen LogP contribution in [0, 0.1) is 0 Å². The Balaban J connectivity index is 2.24. The van der Waals surface area contributed by atoms with Crippen LogP contribution in [0.15, 0.2) is 0 Å². The Morgan fingerprint density at radius 1 is 2.00 bits per heavy atom. The number of aliphatic hydroxyl groups excluding tert-OH is 1. The number of cyclic esters (lactones) is 1. The van der Waals surface area contributed by atoms with Gasteiger partial charge < -0.3 is 15.2 Å². The lowest BCUT2D eigenvalue weighted by Crippen LogP contribution is -2.29. The molecule has 0 radical (unpaired) electrons. The summed E-state index contributed by atoms with van der Waals surface area (Å²) in [5.41, 5.74) is 0. The lowest BCUT2D eigenvalue weighted by Gasteiger charge is -2.07. The second kappa shape index (κ2) is 2.88. The van der Waals surface area contributed by atoms with Crippen molar-refractivity contribution in [3.8, 4) is 0 Å². The average molecular weight is 145 g/mol. The summed E-state index contributed by atoms with van der Waals surface area (Å²) >= 11 is 0. The van der Waals surface area contributed by atoms with E-state index in [0.29, 0.717) is 13.0 Å². The molecule has 2 N–H and O–H groups in total. The van der Waals surface area contributed by atoms with E-state index in [9.17, 15) is 4.79 Å². The van der Waals surface area contributed by atoms with Crippen molar-refractivity contribution in [2.75, 3.05) is 6.61 Å². The number of alkyl carbamates (subject to hydrolysis) is 1. The van der Waals surface area contributed by atoms with Crippen LogP contribution < -0.4 is 5.32 Å². The third-order valence-electron chi connectivity index (χ3n) is 1.36. The van der Waals surface area contributed by atoms with E-state index in [1.54, 1.807) is 6.92 Å². The summed E-state index contributed by atoms with van der Waals surface area (Å²) < 4.78 is 4.61. The minimum Gasteiger partial charge on any atom is -0.447 e. The molecule has 0 aromatic carbocycles. The molecule has 1 aliphatic heterocycles. The van der Waals surface area contributed by atoms with Crippen LogP contribution in [0.1, 0.15) is 13.3 Å². The van der Waals surface area contributed by atoms with Crippen LogP contribution in [0.25, 0.3) is 0 Å². The number of carbonyl (C=O) groups excluding carboxylic acids is 1. The Morgan fingerprint density at radius 3 is 3.10 bits per heavy atom. The Hall–Kier alpha value is -0.770. The van der Waals surface area contributed by atoms with Crippen LogP contribution in [-0.2, 0) is 4.74 Å². The number of rotatable bonds is 2. The van der Waals surface area contributed by atoms with Crippen molar-refractivity contribution in [2.45, 2.75) is 25.5 Å². The molecule has 1 heterocycles. The van der Waals surface area contributed by atoms with Gasteiger partial charge in [0.25, 0.3) is 0 Å². The average Bonchev–Trinajstić information content (AvgIpc) is 2.13. The molecule has 1 fully saturated rings. The fourth-order valence-corrected chi connectivity index (χ4v) is 0.965. The highest BCUT2D eigenvalue weighted by Crippen LogP contribution is 2.04. The van der Waals surface area contributed by atoms with E-state index >= 15 is 0 Å². The second-order valence-electron chi connectivity index (χ2n) is 2.52. The smallest absolute Gasteiger partial charge is 0.407 e. The minimum atomic E-state index is -0.384. The summed E-state index contributed by atoms with van der Waals surface area (Å²) in [4.78, 5) is 10.4. The molecule has 0 aromatic rings. The van der Waals surface area contributed by atoms with Gasteiger partial charge in [-0.3, -0.25) is 0 Å². The molecular weight excluding hydrogens is 134 g/mol. The predicted octanol–water partition coefficient (Wildman–Crippen LogP) is -0.134. The van der Waals surface area contributed by atoms with Gasteiger partial charge in [0, 0.05) is 0 Å². The van der Waals surface area contributed by atoms with Crippen molar-refractivity contribution < 1.29 is 14.6 Å². The molecule has 10 heavy (non-hydrogen) atoms. The van der Waals surface area contributed by atoms with E-state index in [4.69, 9.17) is 5.11 Å². The van der Waals surface area contributed by atoms with Crippen molar-refractivity contribution in [1.29, 1.82) is 0 Å². The van der Waals surface area contributed by atoms with E-state index in [2.05, 4.69) is 10.1 Å². The van der Waals surface area contributed by atoms with Crippen LogP contribution in [0.4, 0.5) is 4.79 Å². The van der Waals surface area contributed by atoms with Gasteiger partial charge in [0.05, 0.1) is 12.1 Å². The molecule has 0 bridgehead atoms. The van der Waals surface area contributed by atoms with Gasteiger partial charge in [-0.15, -0.1) is 0 Å². The van der Waals surface area contributed by atoms with Gasteiger partial charge in [-0.2, -0.15) is 0 Å². The van der Waals surface area contributed by atoms with Crippen molar-refractivity contribution in [3.63, 3.8) is 0 Å². The van der Waals surface area contributed by atoms with Crippen LogP contribution >= 0.6 is 0 Å². The third kappa shape index (κ3) is 1.88. The summed E-state index contributed by atoms with van der Waals surface area (Å²) in [6.07, 6.45) is -0.205. The van der Waals surface area contributed by atoms with Crippen LogP contribution in [0.3, 0.4) is 0 Å². The number of ether oxygens (including phenoxy) is 1. The van der Waals surface area contributed by atoms with Gasteiger partial charge in [-0.1, -0.05) is 0 Å². The summed E-state index contributed by atoms with van der Waals surface area (Å²) in [6.45, 7) is 2.06. The van der Waals surface area contributed by atoms with Crippen LogP contribution in [0.2, 0.25) is 0 Å². The van der Waals surface area contributed by atoms with Gasteiger partial charge in [0.1, 0.15) is 6.61 Å². The quantitative estimate of drug-likeness (QED) is 0.568. The fraction of sp³-hybridized carbons (Fsp3) is 0.833. The van der Waals surface area contributed by atoms with Gasteiger partial charge in [-0.25, -0.2) is 4.79 Å². The lowest BCUT2D eigenvalue weighted by atomic mass is 10.1. The van der Waals surface area contributed by atoms with E-state index in [-0.39, 0.29) is 18.2 Å². The molecule has 0 spiro atoms. The highest BCUT2D eigenvalue weighted by atomic mass is 16.6. The van der Waals surface area contributed by atoms with E-state index in [0.717, 1.165) is 0 Å². The summed E-state index contributed by atoms with van der Waals surface area (Å²) in [7, 11) is 0. The monoisotopic (exact) mass is 145 g/mol. The summed E-state index contributed by atoms with van der Waals surface area (Å²) in [5.74, 6) is 0. The molecule has 1 aliphatic rings. The van der Waals surface area contributed by atoms with E-state index in [1.165, 1.54) is 0 Å². The normalized spacial score (nSPS) is 27.4. The molecule has 0 saturated carbocycles. The standard InChI is InChI=1S/C6H11NO3/c1-4(8)2-5-3-10-6(9)7-5/h4-5,8H,2-3H2,1H3,(H,7,9)/t4-,5+/m0/s1. The Kier molecular flexibility index (Phi) is 2.11. The molecule has 1 amide bonds. The Bertz CT molecular complexity index is 135. The lowest BCUT2D eigenvalue weighted by molar-refractivity contribution is 0.159. The third-order valence-corrected chi connectivity index (χ3v) is 1.36. The van der Waals surface area contributed by atoms with Gasteiger partial charge in [-0.05, 0) is 13.3 Å². The van der Waals surface area contributed by atoms with Gasteiger partial charge >= 0.3 is 6.09 Å². The molecular formula is C6H11NO3. The molecule has 1 saturated heterocycles. The molecule has 0 unspecified atom stereocenters. The maximum absolute atomic E-state index is 10.4. The first kappa shape index (κ1) is 7.34. The van der Waals surface area contributed by atoms with Crippen LogP contribution in [0.5, 0.6) is 0 Å². The molecule has 58 valence electrons. The molecule has 0 aliphatic carbocycles. The summed E-state index contributed by atoms with van der Waals surface area (Å²) in [6, 6.07) is -0.00694. The number of carbonyl (C=O) groups is 1. The van der Waals surface area contributed by atoms with Crippen molar-refractivity contribution in [3.05, 3.63) is 0 Å². The molecule has 4 nitrogen and oxygen atoms in total. The summed E-state index contributed by atoms with van der Waals surface area (Å²) in [5, 5.41) is 11.5. The molecule has 2 atom stereocenters. The SMILES string of the molecule is C[C@H](O)C[C@@H]1COC(=O)N1. The minimum absolute atomic E-state index is 0.00694. The van der Waals surface area contributed by atoms with Crippen molar-refractivity contribution >= 4 is 6.09 Å². The highest BCUT2D eigenvalue weighted by Gasteiger charge is 2.22. The highest BCUT2D eigenvalue weighted by molar-refractivity contribution is 5.69. The zero-order valence-electron chi connectivity index (χ0n) is 5.83. The first-order chi connectivity index (χ1) is 4.68. The Labute approximate surface area is 59.2 Å². The van der Waals surface area contributed by atoms with E-state index in [1.807, 2.05) is 0 Å². The van der Waals surface area contributed by atoms with Crippen LogP contribution in [-0.4, -0.2) is 30.0 Å². The zero-order valence-corrected chi connectivity index (χ0v) is 5.83. The maximum Gasteiger partial charge on any atom is 0.407 e. The second-order valence-corrected chi connectivity index (χ2v) is 2.52. The molecule has 0 aromatic heterocycles. The maximum atomic E-state index is 10.4. The Morgan fingerprint density at radius 2 is 2.70 bits per heavy atom. The number of hydrogen-bond acceptors (Lipinski definition) is 3. The topological polar surface area (TPSA) is 58.6 Å². The number of nitrogens with one attached hydrogen (secondary N) is 1. The number of aliphatic hydroxyl groups is 1. The molecule has 1 rings (SSSR count). The zero-order chi connectivity index (χ0) is 7.56. The molecule has 4 heteroatoms. The first-order valence-electron chi connectivity index (χ1n) is 3.30. The first-order valence-corrected chi connectivity index (χ1v) is 3.30. The number of hydrogen-bond donors (Lipinski definition) is 2.